The summed E-state index contributed by atoms with van der Waals surface area (Å²) in [6.07, 6.45) is 0. The van der Waals surface area contributed by atoms with Crippen LogP contribution < -0.4 is 0 Å². The Labute approximate surface area is 126 Å². The second kappa shape index (κ2) is 7.36. The third-order valence-electron chi connectivity index (χ3n) is 3.84. The van der Waals surface area contributed by atoms with Gasteiger partial charge in [-0.25, -0.2) is 0 Å². The van der Waals surface area contributed by atoms with Crippen LogP contribution in [0.15, 0.2) is 60.7 Å². The molecule has 0 spiro atoms. The lowest BCUT2D eigenvalue weighted by Gasteiger charge is -2.33. The molecule has 1 aliphatic rings. The summed E-state index contributed by atoms with van der Waals surface area (Å²) in [7, 11) is 0. The standard InChI is InChI=1S/C18H22N2O/c1-3-7-17(8-4-1)15-19-11-13-20(14-12-19)21-16-18-9-5-2-6-10-18/h1-10H,11-16H2. The van der Waals surface area contributed by atoms with Crippen molar-refractivity contribution < 1.29 is 4.84 Å². The first-order valence-corrected chi connectivity index (χ1v) is 7.58. The Kier molecular flexibility index (Phi) is 5.00. The molecule has 3 heteroatoms. The van der Waals surface area contributed by atoms with Crippen LogP contribution in [0.3, 0.4) is 0 Å². The van der Waals surface area contributed by atoms with E-state index in [1.54, 1.807) is 0 Å². The highest BCUT2D eigenvalue weighted by Crippen LogP contribution is 2.10. The van der Waals surface area contributed by atoms with Crippen LogP contribution in [0.1, 0.15) is 11.1 Å². The molecular formula is C18H22N2O. The minimum absolute atomic E-state index is 0.666. The van der Waals surface area contributed by atoms with Crippen molar-refractivity contribution in [1.29, 1.82) is 0 Å². The molecule has 0 bridgehead atoms. The smallest absolute Gasteiger partial charge is 0.0935 e. The van der Waals surface area contributed by atoms with Crippen LogP contribution in [-0.2, 0) is 18.0 Å². The van der Waals surface area contributed by atoms with Crippen LogP contribution in [0.4, 0.5) is 0 Å². The molecule has 0 amide bonds. The van der Waals surface area contributed by atoms with Gasteiger partial charge in [-0.3, -0.25) is 9.74 Å². The highest BCUT2D eigenvalue weighted by atomic mass is 16.7. The summed E-state index contributed by atoms with van der Waals surface area (Å²) in [6.45, 7) is 5.76. The second-order valence-electron chi connectivity index (χ2n) is 5.45. The van der Waals surface area contributed by atoms with Gasteiger partial charge in [-0.05, 0) is 11.1 Å². The quantitative estimate of drug-likeness (QED) is 0.838. The van der Waals surface area contributed by atoms with Crippen LogP contribution >= 0.6 is 0 Å². The number of hydrogen-bond acceptors (Lipinski definition) is 3. The van der Waals surface area contributed by atoms with Gasteiger partial charge in [0.05, 0.1) is 6.61 Å². The van der Waals surface area contributed by atoms with E-state index in [0.717, 1.165) is 32.7 Å². The summed E-state index contributed by atoms with van der Waals surface area (Å²) in [4.78, 5) is 8.36. The number of benzene rings is 2. The van der Waals surface area contributed by atoms with E-state index in [0.29, 0.717) is 6.61 Å². The third kappa shape index (κ3) is 4.39. The number of rotatable bonds is 5. The number of hydroxylamine groups is 2. The highest BCUT2D eigenvalue weighted by Gasteiger charge is 2.17. The van der Waals surface area contributed by atoms with Crippen molar-refractivity contribution in [3.63, 3.8) is 0 Å². The summed E-state index contributed by atoms with van der Waals surface area (Å²) >= 11 is 0. The maximum atomic E-state index is 5.87. The minimum Gasteiger partial charge on any atom is -0.296 e. The first-order valence-electron chi connectivity index (χ1n) is 7.58. The molecule has 21 heavy (non-hydrogen) atoms. The third-order valence-corrected chi connectivity index (χ3v) is 3.84. The molecule has 2 aromatic rings. The molecule has 2 aromatic carbocycles. The number of hydrogen-bond donors (Lipinski definition) is 0. The average Bonchev–Trinajstić information content (AvgIpc) is 2.56. The molecule has 1 heterocycles. The Balaban J connectivity index is 1.41. The maximum Gasteiger partial charge on any atom is 0.0935 e. The summed E-state index contributed by atoms with van der Waals surface area (Å²) in [5.74, 6) is 0. The molecular weight excluding hydrogens is 260 g/mol. The zero-order chi connectivity index (χ0) is 14.3. The number of piperazine rings is 1. The van der Waals surface area contributed by atoms with Crippen molar-refractivity contribution in [2.45, 2.75) is 13.2 Å². The van der Waals surface area contributed by atoms with Crippen LogP contribution in [0.25, 0.3) is 0 Å². The molecule has 0 aliphatic carbocycles. The molecule has 0 atom stereocenters. The monoisotopic (exact) mass is 282 g/mol. The predicted molar refractivity (Wildman–Crippen MR) is 84.5 cm³/mol. The fourth-order valence-electron chi connectivity index (χ4n) is 2.60. The van der Waals surface area contributed by atoms with Crippen molar-refractivity contribution >= 4 is 0 Å². The van der Waals surface area contributed by atoms with Gasteiger partial charge in [-0.1, -0.05) is 60.7 Å². The lowest BCUT2D eigenvalue weighted by Crippen LogP contribution is -2.45. The topological polar surface area (TPSA) is 15.7 Å². The van der Waals surface area contributed by atoms with E-state index in [1.807, 2.05) is 6.07 Å². The fourth-order valence-corrected chi connectivity index (χ4v) is 2.60. The molecule has 3 nitrogen and oxygen atoms in total. The van der Waals surface area contributed by atoms with E-state index in [-0.39, 0.29) is 0 Å². The number of nitrogens with zero attached hydrogens (tertiary/aromatic N) is 2. The van der Waals surface area contributed by atoms with Crippen molar-refractivity contribution in [2.75, 3.05) is 26.2 Å². The summed E-state index contributed by atoms with van der Waals surface area (Å²) in [6, 6.07) is 21.0. The van der Waals surface area contributed by atoms with Gasteiger partial charge in [-0.15, -0.1) is 0 Å². The maximum absolute atomic E-state index is 5.87. The van der Waals surface area contributed by atoms with E-state index >= 15 is 0 Å². The molecule has 0 radical (unpaired) electrons. The van der Waals surface area contributed by atoms with E-state index in [4.69, 9.17) is 4.84 Å². The molecule has 1 fully saturated rings. The highest BCUT2D eigenvalue weighted by molar-refractivity contribution is 5.14. The summed E-state index contributed by atoms with van der Waals surface area (Å²) in [5.41, 5.74) is 2.61. The van der Waals surface area contributed by atoms with Gasteiger partial charge >= 0.3 is 0 Å². The van der Waals surface area contributed by atoms with Gasteiger partial charge < -0.3 is 0 Å². The zero-order valence-corrected chi connectivity index (χ0v) is 12.3. The van der Waals surface area contributed by atoms with E-state index in [9.17, 15) is 0 Å². The van der Waals surface area contributed by atoms with Crippen LogP contribution in [0.2, 0.25) is 0 Å². The molecule has 3 rings (SSSR count). The molecule has 0 unspecified atom stereocenters. The van der Waals surface area contributed by atoms with E-state index in [2.05, 4.69) is 64.6 Å². The lowest BCUT2D eigenvalue weighted by molar-refractivity contribution is -0.186. The SMILES string of the molecule is c1ccc(CON2CCN(Cc3ccccc3)CC2)cc1. The Hall–Kier alpha value is -1.68. The molecule has 0 aromatic heterocycles. The van der Waals surface area contributed by atoms with Crippen molar-refractivity contribution in [2.24, 2.45) is 0 Å². The molecule has 0 saturated carbocycles. The first-order chi connectivity index (χ1) is 10.4. The van der Waals surface area contributed by atoms with Gasteiger partial charge in [0.15, 0.2) is 0 Å². The van der Waals surface area contributed by atoms with E-state index in [1.165, 1.54) is 11.1 Å². The Morgan fingerprint density at radius 1 is 0.714 bits per heavy atom. The fraction of sp³-hybridized carbons (Fsp3) is 0.333. The molecule has 110 valence electrons. The van der Waals surface area contributed by atoms with E-state index < -0.39 is 0 Å². The van der Waals surface area contributed by atoms with Gasteiger partial charge in [0.25, 0.3) is 0 Å². The summed E-state index contributed by atoms with van der Waals surface area (Å²) < 4.78 is 0. The lowest BCUT2D eigenvalue weighted by atomic mass is 10.2. The Bertz CT molecular complexity index is 521. The minimum atomic E-state index is 0.666. The molecule has 0 N–H and O–H groups in total. The van der Waals surface area contributed by atoms with Crippen molar-refractivity contribution in [1.82, 2.24) is 9.96 Å². The van der Waals surface area contributed by atoms with Gasteiger partial charge in [0, 0.05) is 32.7 Å². The molecule has 1 aliphatic heterocycles. The van der Waals surface area contributed by atoms with Crippen molar-refractivity contribution in [3.8, 4) is 0 Å². The average molecular weight is 282 g/mol. The predicted octanol–water partition coefficient (Wildman–Crippen LogP) is 2.94. The van der Waals surface area contributed by atoms with Gasteiger partial charge in [0.2, 0.25) is 0 Å². The van der Waals surface area contributed by atoms with Crippen LogP contribution in [0.5, 0.6) is 0 Å². The summed E-state index contributed by atoms with van der Waals surface area (Å²) in [5, 5.41) is 2.09. The first kappa shape index (κ1) is 14.3. The normalized spacial score (nSPS) is 17.0. The Morgan fingerprint density at radius 3 is 1.90 bits per heavy atom. The van der Waals surface area contributed by atoms with Gasteiger partial charge in [0.1, 0.15) is 0 Å². The largest absolute Gasteiger partial charge is 0.296 e. The van der Waals surface area contributed by atoms with Crippen LogP contribution in [0, 0.1) is 0 Å². The van der Waals surface area contributed by atoms with Gasteiger partial charge in [-0.2, -0.15) is 5.06 Å². The second-order valence-corrected chi connectivity index (χ2v) is 5.45. The molecule has 1 saturated heterocycles. The van der Waals surface area contributed by atoms with Crippen LogP contribution in [-0.4, -0.2) is 36.1 Å². The zero-order valence-electron chi connectivity index (χ0n) is 12.3. The Morgan fingerprint density at radius 2 is 1.29 bits per heavy atom. The van der Waals surface area contributed by atoms with Crippen molar-refractivity contribution in [3.05, 3.63) is 71.8 Å².